The van der Waals surface area contributed by atoms with Crippen LogP contribution in [0.1, 0.15) is 17.4 Å². The summed E-state index contributed by atoms with van der Waals surface area (Å²) in [7, 11) is 0. The van der Waals surface area contributed by atoms with Crippen LogP contribution < -0.4 is 0 Å². The summed E-state index contributed by atoms with van der Waals surface area (Å²) >= 11 is 0. The van der Waals surface area contributed by atoms with Crippen molar-refractivity contribution in [3.05, 3.63) is 24.0 Å². The number of nitrogens with zero attached hydrogens (tertiary/aromatic N) is 2. The molecule has 0 spiro atoms. The molecule has 0 bridgehead atoms. The van der Waals surface area contributed by atoms with Crippen molar-refractivity contribution in [1.29, 1.82) is 0 Å². The molecule has 0 amide bonds. The second-order valence-electron chi connectivity index (χ2n) is 2.60. The average molecular weight is 192 g/mol. The van der Waals surface area contributed by atoms with E-state index in [1.165, 1.54) is 0 Å². The van der Waals surface area contributed by atoms with E-state index in [-0.39, 0.29) is 5.69 Å². The Morgan fingerprint density at radius 2 is 2.50 bits per heavy atom. The van der Waals surface area contributed by atoms with Crippen molar-refractivity contribution >= 4 is 17.1 Å². The number of ether oxygens (including phenoxy) is 1. The first-order chi connectivity index (χ1) is 6.83. The lowest BCUT2D eigenvalue weighted by Gasteiger charge is -1.95. The molecule has 0 N–H and O–H groups in total. The number of carbonyl (C=O) groups excluding carboxylic acids is 1. The van der Waals surface area contributed by atoms with Gasteiger partial charge in [-0.3, -0.25) is 4.98 Å². The SMILES string of the molecule is CCOC(=O)c1noc2cccnc12. The molecule has 0 aliphatic rings. The van der Waals surface area contributed by atoms with Gasteiger partial charge in [0.15, 0.2) is 5.58 Å². The molecule has 0 saturated heterocycles. The predicted octanol–water partition coefficient (Wildman–Crippen LogP) is 1.40. The molecular formula is C9H8N2O3. The lowest BCUT2D eigenvalue weighted by molar-refractivity contribution is 0.0516. The molecule has 0 aromatic carbocycles. The molecular weight excluding hydrogens is 184 g/mol. The third-order valence-corrected chi connectivity index (χ3v) is 1.70. The standard InChI is InChI=1S/C9H8N2O3/c1-2-13-9(12)8-7-6(14-11-8)4-3-5-10-7/h3-5H,2H2,1H3. The second kappa shape index (κ2) is 3.45. The number of esters is 1. The zero-order chi connectivity index (χ0) is 9.97. The van der Waals surface area contributed by atoms with Crippen LogP contribution in [0.25, 0.3) is 11.1 Å². The van der Waals surface area contributed by atoms with Crippen molar-refractivity contribution in [3.8, 4) is 0 Å². The Morgan fingerprint density at radius 3 is 3.29 bits per heavy atom. The lowest BCUT2D eigenvalue weighted by atomic mass is 10.3. The Morgan fingerprint density at radius 1 is 1.64 bits per heavy atom. The Labute approximate surface area is 79.7 Å². The smallest absolute Gasteiger partial charge is 0.362 e. The first-order valence-corrected chi connectivity index (χ1v) is 4.20. The third-order valence-electron chi connectivity index (χ3n) is 1.70. The van der Waals surface area contributed by atoms with Gasteiger partial charge in [0.1, 0.15) is 5.52 Å². The molecule has 0 aliphatic carbocycles. The zero-order valence-electron chi connectivity index (χ0n) is 7.56. The van der Waals surface area contributed by atoms with Crippen molar-refractivity contribution < 1.29 is 14.1 Å². The number of carbonyl (C=O) groups is 1. The van der Waals surface area contributed by atoms with Crippen LogP contribution in [0.2, 0.25) is 0 Å². The highest BCUT2D eigenvalue weighted by Gasteiger charge is 2.17. The topological polar surface area (TPSA) is 65.2 Å². The van der Waals surface area contributed by atoms with E-state index in [9.17, 15) is 4.79 Å². The molecule has 0 saturated carbocycles. The quantitative estimate of drug-likeness (QED) is 0.673. The van der Waals surface area contributed by atoms with Crippen LogP contribution in [0, 0.1) is 0 Å². The van der Waals surface area contributed by atoms with E-state index in [0.29, 0.717) is 17.7 Å². The largest absolute Gasteiger partial charge is 0.461 e. The van der Waals surface area contributed by atoms with Crippen molar-refractivity contribution in [2.75, 3.05) is 6.61 Å². The molecule has 5 heteroatoms. The molecule has 0 radical (unpaired) electrons. The minimum atomic E-state index is -0.509. The Hall–Kier alpha value is -1.91. The molecule has 0 atom stereocenters. The summed E-state index contributed by atoms with van der Waals surface area (Å²) in [5.74, 6) is -0.509. The predicted molar refractivity (Wildman–Crippen MR) is 47.8 cm³/mol. The summed E-state index contributed by atoms with van der Waals surface area (Å²) in [5, 5.41) is 3.60. The minimum Gasteiger partial charge on any atom is -0.461 e. The summed E-state index contributed by atoms with van der Waals surface area (Å²) in [4.78, 5) is 15.3. The number of rotatable bonds is 2. The lowest BCUT2D eigenvalue weighted by Crippen LogP contribution is -2.05. The van der Waals surface area contributed by atoms with Crippen molar-refractivity contribution in [3.63, 3.8) is 0 Å². The molecule has 14 heavy (non-hydrogen) atoms. The van der Waals surface area contributed by atoms with Crippen molar-refractivity contribution in [2.24, 2.45) is 0 Å². The minimum absolute atomic E-state index is 0.127. The first kappa shape index (κ1) is 8.68. The molecule has 0 aliphatic heterocycles. The van der Waals surface area contributed by atoms with E-state index >= 15 is 0 Å². The zero-order valence-corrected chi connectivity index (χ0v) is 7.56. The molecule has 0 unspecified atom stereocenters. The van der Waals surface area contributed by atoms with Crippen LogP contribution >= 0.6 is 0 Å². The maximum absolute atomic E-state index is 11.3. The van der Waals surface area contributed by atoms with Gasteiger partial charge in [0.2, 0.25) is 5.69 Å². The van der Waals surface area contributed by atoms with Crippen molar-refractivity contribution in [1.82, 2.24) is 10.1 Å². The third kappa shape index (κ3) is 1.32. The number of aromatic nitrogens is 2. The summed E-state index contributed by atoms with van der Waals surface area (Å²) in [6.45, 7) is 2.04. The van der Waals surface area contributed by atoms with Gasteiger partial charge in [-0.1, -0.05) is 5.16 Å². The number of pyridine rings is 1. The van der Waals surface area contributed by atoms with Gasteiger partial charge in [0.05, 0.1) is 6.61 Å². The number of hydrogen-bond donors (Lipinski definition) is 0. The normalized spacial score (nSPS) is 10.4. The van der Waals surface area contributed by atoms with E-state index in [1.54, 1.807) is 25.3 Å². The molecule has 2 rings (SSSR count). The molecule has 72 valence electrons. The monoisotopic (exact) mass is 192 g/mol. The van der Waals surface area contributed by atoms with Gasteiger partial charge in [-0.05, 0) is 19.1 Å². The summed E-state index contributed by atoms with van der Waals surface area (Å²) in [5.41, 5.74) is 1.05. The molecule has 0 fully saturated rings. The van der Waals surface area contributed by atoms with Crippen LogP contribution in [0.15, 0.2) is 22.9 Å². The van der Waals surface area contributed by atoms with Gasteiger partial charge in [-0.25, -0.2) is 4.79 Å². The summed E-state index contributed by atoms with van der Waals surface area (Å²) in [6.07, 6.45) is 1.57. The highest BCUT2D eigenvalue weighted by Crippen LogP contribution is 2.15. The second-order valence-corrected chi connectivity index (χ2v) is 2.60. The van der Waals surface area contributed by atoms with E-state index in [4.69, 9.17) is 9.26 Å². The summed E-state index contributed by atoms with van der Waals surface area (Å²) < 4.78 is 9.70. The highest BCUT2D eigenvalue weighted by molar-refractivity contribution is 5.99. The molecule has 5 nitrogen and oxygen atoms in total. The van der Waals surface area contributed by atoms with E-state index < -0.39 is 5.97 Å². The Bertz CT molecular complexity index is 464. The fourth-order valence-corrected chi connectivity index (χ4v) is 1.11. The van der Waals surface area contributed by atoms with E-state index in [2.05, 4.69) is 10.1 Å². The fourth-order valence-electron chi connectivity index (χ4n) is 1.11. The Balaban J connectivity index is 2.47. The van der Waals surface area contributed by atoms with Crippen LogP contribution in [-0.4, -0.2) is 22.7 Å². The molecule has 2 heterocycles. The van der Waals surface area contributed by atoms with Gasteiger partial charge in [-0.15, -0.1) is 0 Å². The van der Waals surface area contributed by atoms with E-state index in [0.717, 1.165) is 0 Å². The number of hydrogen-bond acceptors (Lipinski definition) is 5. The van der Waals surface area contributed by atoms with Crippen LogP contribution in [0.4, 0.5) is 0 Å². The van der Waals surface area contributed by atoms with E-state index in [1.807, 2.05) is 0 Å². The van der Waals surface area contributed by atoms with Gasteiger partial charge < -0.3 is 9.26 Å². The maximum atomic E-state index is 11.3. The van der Waals surface area contributed by atoms with Crippen LogP contribution in [-0.2, 0) is 4.74 Å². The Kier molecular flexibility index (Phi) is 2.14. The van der Waals surface area contributed by atoms with Gasteiger partial charge in [0, 0.05) is 6.20 Å². The van der Waals surface area contributed by atoms with Gasteiger partial charge in [0.25, 0.3) is 0 Å². The highest BCUT2D eigenvalue weighted by atomic mass is 16.5. The average Bonchev–Trinajstić information content (AvgIpc) is 2.61. The van der Waals surface area contributed by atoms with Gasteiger partial charge >= 0.3 is 5.97 Å². The van der Waals surface area contributed by atoms with Crippen LogP contribution in [0.5, 0.6) is 0 Å². The van der Waals surface area contributed by atoms with Crippen molar-refractivity contribution in [2.45, 2.75) is 6.92 Å². The maximum Gasteiger partial charge on any atom is 0.362 e. The molecule has 2 aromatic rings. The van der Waals surface area contributed by atoms with Crippen LogP contribution in [0.3, 0.4) is 0 Å². The fraction of sp³-hybridized carbons (Fsp3) is 0.222. The summed E-state index contributed by atoms with van der Waals surface area (Å²) in [6, 6.07) is 3.40. The van der Waals surface area contributed by atoms with Gasteiger partial charge in [-0.2, -0.15) is 0 Å². The first-order valence-electron chi connectivity index (χ1n) is 4.20. The number of fused-ring (bicyclic) bond motifs is 1. The molecule has 2 aromatic heterocycles.